The van der Waals surface area contributed by atoms with Crippen LogP contribution in [0.5, 0.6) is 0 Å². The minimum atomic E-state index is -3.50. The molecule has 0 aromatic heterocycles. The highest BCUT2D eigenvalue weighted by atomic mass is 32.2. The summed E-state index contributed by atoms with van der Waals surface area (Å²) in [5.74, 6) is 0.0812. The predicted octanol–water partition coefficient (Wildman–Crippen LogP) is 2.48. The molecule has 1 amide bonds. The molecular formula is C20H30N2O4S. The number of hydrogen-bond acceptors (Lipinski definition) is 4. The third kappa shape index (κ3) is 4.36. The summed E-state index contributed by atoms with van der Waals surface area (Å²) < 4.78 is 33.2. The molecule has 0 unspecified atom stereocenters. The molecule has 0 aliphatic carbocycles. The largest absolute Gasteiger partial charge is 0.381 e. The lowest BCUT2D eigenvalue weighted by Crippen LogP contribution is -2.53. The summed E-state index contributed by atoms with van der Waals surface area (Å²) in [7, 11) is -3.50. The molecular weight excluding hydrogens is 364 g/mol. The first kappa shape index (κ1) is 20.3. The van der Waals surface area contributed by atoms with E-state index in [9.17, 15) is 13.2 Å². The van der Waals surface area contributed by atoms with Crippen molar-refractivity contribution >= 4 is 15.9 Å². The molecule has 0 N–H and O–H groups in total. The number of sulfonamides is 1. The summed E-state index contributed by atoms with van der Waals surface area (Å²) in [5.41, 5.74) is 1.71. The van der Waals surface area contributed by atoms with Crippen LogP contribution in [0.4, 0.5) is 0 Å². The molecule has 1 aromatic rings. The summed E-state index contributed by atoms with van der Waals surface area (Å²) >= 11 is 0. The lowest BCUT2D eigenvalue weighted by atomic mass is 9.99. The molecule has 0 spiro atoms. The number of carbonyl (C=O) groups is 1. The number of ether oxygens (including phenoxy) is 1. The molecule has 0 saturated carbocycles. The van der Waals surface area contributed by atoms with Gasteiger partial charge in [-0.15, -0.1) is 0 Å². The molecule has 6 nitrogen and oxygen atoms in total. The predicted molar refractivity (Wildman–Crippen MR) is 104 cm³/mol. The van der Waals surface area contributed by atoms with E-state index in [-0.39, 0.29) is 18.0 Å². The van der Waals surface area contributed by atoms with Gasteiger partial charge < -0.3 is 9.64 Å². The molecule has 150 valence electrons. The van der Waals surface area contributed by atoms with Crippen LogP contribution in [0.25, 0.3) is 0 Å². The first-order valence-corrected chi connectivity index (χ1v) is 11.2. The fraction of sp³-hybridized carbons (Fsp3) is 0.650. The highest BCUT2D eigenvalue weighted by Crippen LogP contribution is 2.28. The van der Waals surface area contributed by atoms with Crippen LogP contribution >= 0.6 is 0 Å². The SMILES string of the molecule is CC(=O)N(C1CCOCC1)C1CCN(S(=O)(=O)c2cc(C)ccc2C)CC1. The van der Waals surface area contributed by atoms with Gasteiger partial charge in [-0.2, -0.15) is 4.31 Å². The Hall–Kier alpha value is -1.44. The molecule has 27 heavy (non-hydrogen) atoms. The molecule has 1 aromatic carbocycles. The second kappa shape index (κ2) is 8.29. The Labute approximate surface area is 162 Å². The highest BCUT2D eigenvalue weighted by molar-refractivity contribution is 7.89. The maximum absolute atomic E-state index is 13.1. The molecule has 0 bridgehead atoms. The van der Waals surface area contributed by atoms with Crippen molar-refractivity contribution in [3.8, 4) is 0 Å². The Morgan fingerprint density at radius 2 is 1.67 bits per heavy atom. The van der Waals surface area contributed by atoms with Gasteiger partial charge in [0.1, 0.15) is 0 Å². The minimum Gasteiger partial charge on any atom is -0.381 e. The molecule has 2 heterocycles. The van der Waals surface area contributed by atoms with Crippen LogP contribution in [-0.4, -0.2) is 61.9 Å². The summed E-state index contributed by atoms with van der Waals surface area (Å²) in [6.07, 6.45) is 3.09. The van der Waals surface area contributed by atoms with Crippen molar-refractivity contribution in [2.75, 3.05) is 26.3 Å². The van der Waals surface area contributed by atoms with Crippen LogP contribution in [0.2, 0.25) is 0 Å². The molecule has 2 fully saturated rings. The van der Waals surface area contributed by atoms with Crippen LogP contribution in [0.1, 0.15) is 43.7 Å². The lowest BCUT2D eigenvalue weighted by molar-refractivity contribution is -0.137. The fourth-order valence-electron chi connectivity index (χ4n) is 4.26. The van der Waals surface area contributed by atoms with Gasteiger partial charge in [-0.05, 0) is 56.7 Å². The quantitative estimate of drug-likeness (QED) is 0.787. The Bertz CT molecular complexity index is 779. The van der Waals surface area contributed by atoms with Crippen molar-refractivity contribution in [1.29, 1.82) is 0 Å². The van der Waals surface area contributed by atoms with Crippen LogP contribution in [0.15, 0.2) is 23.1 Å². The van der Waals surface area contributed by atoms with Gasteiger partial charge in [0.2, 0.25) is 15.9 Å². The van der Waals surface area contributed by atoms with E-state index in [4.69, 9.17) is 4.74 Å². The number of amides is 1. The van der Waals surface area contributed by atoms with E-state index in [0.717, 1.165) is 24.0 Å². The standard InChI is InChI=1S/C20H30N2O4S/c1-15-4-5-16(2)20(14-15)27(24,25)21-10-6-18(7-11-21)22(17(3)23)19-8-12-26-13-9-19/h4-5,14,18-19H,6-13H2,1-3H3. The van der Waals surface area contributed by atoms with E-state index < -0.39 is 10.0 Å². The maximum Gasteiger partial charge on any atom is 0.243 e. The van der Waals surface area contributed by atoms with E-state index in [0.29, 0.717) is 44.0 Å². The maximum atomic E-state index is 13.1. The van der Waals surface area contributed by atoms with Gasteiger partial charge in [0.25, 0.3) is 0 Å². The zero-order valence-electron chi connectivity index (χ0n) is 16.5. The zero-order valence-corrected chi connectivity index (χ0v) is 17.3. The van der Waals surface area contributed by atoms with Gasteiger partial charge in [0.15, 0.2) is 0 Å². The molecule has 2 saturated heterocycles. The number of nitrogens with zero attached hydrogens (tertiary/aromatic N) is 2. The highest BCUT2D eigenvalue weighted by Gasteiger charge is 2.36. The third-order valence-electron chi connectivity index (χ3n) is 5.73. The molecule has 0 radical (unpaired) electrons. The van der Waals surface area contributed by atoms with E-state index in [1.807, 2.05) is 30.9 Å². The number of carbonyl (C=O) groups excluding carboxylic acids is 1. The zero-order chi connectivity index (χ0) is 19.6. The number of piperidine rings is 1. The topological polar surface area (TPSA) is 66.9 Å². The van der Waals surface area contributed by atoms with Crippen molar-refractivity contribution in [1.82, 2.24) is 9.21 Å². The van der Waals surface area contributed by atoms with Crippen LogP contribution in [0.3, 0.4) is 0 Å². The van der Waals surface area contributed by atoms with E-state index in [2.05, 4.69) is 0 Å². The normalized spacial score (nSPS) is 20.6. The Morgan fingerprint density at radius 3 is 2.26 bits per heavy atom. The first-order valence-electron chi connectivity index (χ1n) is 9.74. The Morgan fingerprint density at radius 1 is 1.07 bits per heavy atom. The second-order valence-electron chi connectivity index (χ2n) is 7.67. The summed E-state index contributed by atoms with van der Waals surface area (Å²) in [5, 5.41) is 0. The fourth-order valence-corrected chi connectivity index (χ4v) is 6.04. The monoisotopic (exact) mass is 394 g/mol. The van der Waals surface area contributed by atoms with Crippen LogP contribution < -0.4 is 0 Å². The minimum absolute atomic E-state index is 0.0812. The summed E-state index contributed by atoms with van der Waals surface area (Å²) in [6, 6.07) is 5.86. The van der Waals surface area contributed by atoms with Crippen molar-refractivity contribution in [3.63, 3.8) is 0 Å². The first-order chi connectivity index (χ1) is 12.8. The molecule has 0 atom stereocenters. The molecule has 2 aliphatic rings. The van der Waals surface area contributed by atoms with Crippen LogP contribution in [-0.2, 0) is 19.6 Å². The number of benzene rings is 1. The van der Waals surface area contributed by atoms with Gasteiger partial charge in [-0.1, -0.05) is 12.1 Å². The number of rotatable bonds is 4. The molecule has 7 heteroatoms. The Kier molecular flexibility index (Phi) is 6.23. The summed E-state index contributed by atoms with van der Waals surface area (Å²) in [6.45, 7) is 7.64. The Balaban J connectivity index is 1.72. The van der Waals surface area contributed by atoms with Crippen LogP contribution in [0, 0.1) is 13.8 Å². The lowest BCUT2D eigenvalue weighted by Gasteiger charge is -2.43. The number of aryl methyl sites for hydroxylation is 2. The average molecular weight is 395 g/mol. The van der Waals surface area contributed by atoms with Gasteiger partial charge >= 0.3 is 0 Å². The van der Waals surface area contributed by atoms with Crippen molar-refractivity contribution in [2.24, 2.45) is 0 Å². The van der Waals surface area contributed by atoms with E-state index >= 15 is 0 Å². The van der Waals surface area contributed by atoms with Crippen molar-refractivity contribution < 1.29 is 17.9 Å². The smallest absolute Gasteiger partial charge is 0.243 e. The molecule has 2 aliphatic heterocycles. The molecule has 3 rings (SSSR count). The van der Waals surface area contributed by atoms with Gasteiger partial charge in [0.05, 0.1) is 4.90 Å². The van der Waals surface area contributed by atoms with Gasteiger partial charge in [0, 0.05) is 45.3 Å². The summed E-state index contributed by atoms with van der Waals surface area (Å²) in [4.78, 5) is 14.7. The van der Waals surface area contributed by atoms with Gasteiger partial charge in [-0.3, -0.25) is 4.79 Å². The van der Waals surface area contributed by atoms with Crippen molar-refractivity contribution in [3.05, 3.63) is 29.3 Å². The second-order valence-corrected chi connectivity index (χ2v) is 9.58. The van der Waals surface area contributed by atoms with Gasteiger partial charge in [-0.25, -0.2) is 8.42 Å². The van der Waals surface area contributed by atoms with E-state index in [1.54, 1.807) is 17.3 Å². The van der Waals surface area contributed by atoms with Crippen molar-refractivity contribution in [2.45, 2.75) is 63.4 Å². The van der Waals surface area contributed by atoms with E-state index in [1.165, 1.54) is 0 Å². The average Bonchev–Trinajstić information content (AvgIpc) is 2.65. The third-order valence-corrected chi connectivity index (χ3v) is 7.77. The number of hydrogen-bond donors (Lipinski definition) is 0.